The standard InChI is InChI=1S/C57H112N2O5/c1-8-13-18-21-27-34-44-54(60)59(48-37-47-58(6)7)53(42-32-25-22-23-28-35-45-55(61)62)43-33-26-24-29-36-46-57(56(63)64,49-51(38-16-11-4)40-30-19-14-9-2)50-52(39-17-12-5)41-31-20-15-10-3/h51-53H,8-50H2,1-7H3,(H,61,62)(H,63,64). The molecule has 0 saturated heterocycles. The lowest BCUT2D eigenvalue weighted by Gasteiger charge is -2.37. The van der Waals surface area contributed by atoms with E-state index in [1.807, 2.05) is 0 Å². The molecule has 0 aromatic carbocycles. The number of hydrogen-bond donors (Lipinski definition) is 2. The lowest BCUT2D eigenvalue weighted by molar-refractivity contribution is -0.152. The largest absolute Gasteiger partial charge is 0.481 e. The Labute approximate surface area is 399 Å². The zero-order chi connectivity index (χ0) is 47.5. The SMILES string of the molecule is CCCCCCCCC(=O)N(CCCN(C)C)C(CCCCCCCCC(=O)O)CCCCCCCC(CC(CCCC)CCCCCC)(CC(CCCC)CCCCCC)C(=O)O. The van der Waals surface area contributed by atoms with E-state index in [0.29, 0.717) is 24.2 Å². The lowest BCUT2D eigenvalue weighted by Crippen LogP contribution is -2.41. The highest BCUT2D eigenvalue weighted by Crippen LogP contribution is 2.44. The van der Waals surface area contributed by atoms with Crippen molar-refractivity contribution in [1.82, 2.24) is 9.80 Å². The number of carbonyl (C=O) groups excluding carboxylic acids is 1. The molecule has 0 saturated carbocycles. The third-order valence-electron chi connectivity index (χ3n) is 14.6. The second-order valence-electron chi connectivity index (χ2n) is 21.0. The summed E-state index contributed by atoms with van der Waals surface area (Å²) in [6.45, 7) is 13.2. The number of carboxylic acid groups (broad SMARTS) is 2. The molecule has 3 unspecified atom stereocenters. The summed E-state index contributed by atoms with van der Waals surface area (Å²) in [5.41, 5.74) is -0.614. The molecule has 0 aliphatic heterocycles. The van der Waals surface area contributed by atoms with Crippen molar-refractivity contribution in [1.29, 1.82) is 0 Å². The molecule has 0 heterocycles. The van der Waals surface area contributed by atoms with Crippen LogP contribution in [0.4, 0.5) is 0 Å². The van der Waals surface area contributed by atoms with Gasteiger partial charge >= 0.3 is 11.9 Å². The Kier molecular flexibility index (Phi) is 42.8. The average molecular weight is 906 g/mol. The zero-order valence-corrected chi connectivity index (χ0v) is 44.2. The van der Waals surface area contributed by atoms with E-state index in [0.717, 1.165) is 135 Å². The minimum Gasteiger partial charge on any atom is -0.481 e. The molecule has 0 aromatic heterocycles. The number of nitrogens with zero attached hydrogens (tertiary/aromatic N) is 2. The van der Waals surface area contributed by atoms with Crippen LogP contribution in [0, 0.1) is 17.3 Å². The number of carboxylic acids is 2. The van der Waals surface area contributed by atoms with Crippen LogP contribution < -0.4 is 0 Å². The molecule has 7 heteroatoms. The van der Waals surface area contributed by atoms with Gasteiger partial charge < -0.3 is 20.0 Å². The fourth-order valence-corrected chi connectivity index (χ4v) is 10.5. The van der Waals surface area contributed by atoms with Crippen LogP contribution in [0.1, 0.15) is 298 Å². The van der Waals surface area contributed by atoms with Crippen molar-refractivity contribution in [3.63, 3.8) is 0 Å². The van der Waals surface area contributed by atoms with Gasteiger partial charge in [0.2, 0.25) is 5.91 Å². The Morgan fingerprint density at radius 1 is 0.422 bits per heavy atom. The van der Waals surface area contributed by atoms with E-state index in [9.17, 15) is 19.5 Å². The predicted molar refractivity (Wildman–Crippen MR) is 276 cm³/mol. The van der Waals surface area contributed by atoms with Crippen LogP contribution in [-0.2, 0) is 14.4 Å². The van der Waals surface area contributed by atoms with Gasteiger partial charge in [-0.3, -0.25) is 14.4 Å². The Hall–Kier alpha value is -1.63. The van der Waals surface area contributed by atoms with E-state index in [1.54, 1.807) is 0 Å². The van der Waals surface area contributed by atoms with Crippen LogP contribution in [0.2, 0.25) is 0 Å². The van der Waals surface area contributed by atoms with Gasteiger partial charge in [-0.05, 0) is 83.8 Å². The Morgan fingerprint density at radius 3 is 1.23 bits per heavy atom. The number of hydrogen-bond acceptors (Lipinski definition) is 4. The van der Waals surface area contributed by atoms with Gasteiger partial charge in [-0.15, -0.1) is 0 Å². The molecule has 0 bridgehead atoms. The summed E-state index contributed by atoms with van der Waals surface area (Å²) in [4.78, 5) is 43.2. The van der Waals surface area contributed by atoms with Crippen molar-refractivity contribution in [3.05, 3.63) is 0 Å². The summed E-state index contributed by atoms with van der Waals surface area (Å²) in [6.07, 6.45) is 45.0. The smallest absolute Gasteiger partial charge is 0.309 e. The van der Waals surface area contributed by atoms with E-state index in [1.165, 1.54) is 128 Å². The van der Waals surface area contributed by atoms with Crippen molar-refractivity contribution in [3.8, 4) is 0 Å². The van der Waals surface area contributed by atoms with Gasteiger partial charge in [-0.2, -0.15) is 0 Å². The Bertz CT molecular complexity index is 1040. The molecule has 7 nitrogen and oxygen atoms in total. The fourth-order valence-electron chi connectivity index (χ4n) is 10.5. The normalized spacial score (nSPS) is 14.1. The first kappa shape index (κ1) is 62.4. The average Bonchev–Trinajstić information content (AvgIpc) is 3.26. The molecule has 0 aromatic rings. The first-order valence-electron chi connectivity index (χ1n) is 28.4. The molecule has 0 spiro atoms. The maximum Gasteiger partial charge on any atom is 0.309 e. The number of rotatable bonds is 50. The van der Waals surface area contributed by atoms with Crippen LogP contribution >= 0.6 is 0 Å². The topological polar surface area (TPSA) is 98.2 Å². The maximum absolute atomic E-state index is 14.0. The van der Waals surface area contributed by atoms with Gasteiger partial charge in [0.25, 0.3) is 0 Å². The highest BCUT2D eigenvalue weighted by molar-refractivity contribution is 5.76. The second-order valence-corrected chi connectivity index (χ2v) is 21.0. The second kappa shape index (κ2) is 43.9. The molecule has 1 amide bonds. The zero-order valence-electron chi connectivity index (χ0n) is 44.2. The van der Waals surface area contributed by atoms with E-state index in [-0.39, 0.29) is 12.5 Å². The molecule has 3 atom stereocenters. The number of carbonyl (C=O) groups is 3. The molecule has 0 fully saturated rings. The van der Waals surface area contributed by atoms with Crippen LogP contribution in [-0.4, -0.2) is 71.1 Å². The van der Waals surface area contributed by atoms with Gasteiger partial charge in [-0.25, -0.2) is 0 Å². The van der Waals surface area contributed by atoms with E-state index >= 15 is 0 Å². The van der Waals surface area contributed by atoms with Crippen LogP contribution in [0.15, 0.2) is 0 Å². The van der Waals surface area contributed by atoms with Crippen molar-refractivity contribution in [2.75, 3.05) is 27.2 Å². The summed E-state index contributed by atoms with van der Waals surface area (Å²) in [5, 5.41) is 20.3. The monoisotopic (exact) mass is 905 g/mol. The first-order valence-corrected chi connectivity index (χ1v) is 28.4. The van der Waals surface area contributed by atoms with Gasteiger partial charge in [0.15, 0.2) is 0 Å². The molecular formula is C57H112N2O5. The van der Waals surface area contributed by atoms with Crippen molar-refractivity contribution in [2.24, 2.45) is 17.3 Å². The highest BCUT2D eigenvalue weighted by Gasteiger charge is 2.41. The van der Waals surface area contributed by atoms with Crippen molar-refractivity contribution < 1.29 is 24.6 Å². The van der Waals surface area contributed by atoms with E-state index < -0.39 is 17.4 Å². The molecule has 0 radical (unpaired) electrons. The summed E-state index contributed by atoms with van der Waals surface area (Å²) in [7, 11) is 4.24. The molecular weight excluding hydrogens is 793 g/mol. The van der Waals surface area contributed by atoms with Crippen LogP contribution in [0.3, 0.4) is 0 Å². The molecule has 0 aliphatic carbocycles. The lowest BCUT2D eigenvalue weighted by atomic mass is 9.67. The van der Waals surface area contributed by atoms with Crippen molar-refractivity contribution in [2.45, 2.75) is 304 Å². The third kappa shape index (κ3) is 34.6. The minimum absolute atomic E-state index is 0.266. The summed E-state index contributed by atoms with van der Waals surface area (Å²) in [6, 6.07) is 0.274. The predicted octanol–water partition coefficient (Wildman–Crippen LogP) is 17.2. The highest BCUT2D eigenvalue weighted by atomic mass is 16.4. The minimum atomic E-state index is -0.699. The fraction of sp³-hybridized carbons (Fsp3) is 0.947. The number of unbranched alkanes of at least 4 members (excludes halogenated alkanes) is 22. The first-order chi connectivity index (χ1) is 31.0. The van der Waals surface area contributed by atoms with Crippen LogP contribution in [0.25, 0.3) is 0 Å². The summed E-state index contributed by atoms with van der Waals surface area (Å²) >= 11 is 0. The number of amides is 1. The third-order valence-corrected chi connectivity index (χ3v) is 14.6. The quantitative estimate of drug-likeness (QED) is 0.0590. The van der Waals surface area contributed by atoms with E-state index in [2.05, 4.69) is 58.5 Å². The number of aliphatic carboxylic acids is 2. The molecule has 0 rings (SSSR count). The van der Waals surface area contributed by atoms with E-state index in [4.69, 9.17) is 5.11 Å². The van der Waals surface area contributed by atoms with Gasteiger partial charge in [0, 0.05) is 25.4 Å². The molecule has 0 aliphatic rings. The van der Waals surface area contributed by atoms with Gasteiger partial charge in [-0.1, -0.05) is 234 Å². The Morgan fingerprint density at radius 2 is 0.797 bits per heavy atom. The maximum atomic E-state index is 14.0. The Balaban J connectivity index is 5.95. The molecule has 380 valence electrons. The summed E-state index contributed by atoms with van der Waals surface area (Å²) < 4.78 is 0. The van der Waals surface area contributed by atoms with Crippen molar-refractivity contribution >= 4 is 17.8 Å². The molecule has 64 heavy (non-hydrogen) atoms. The van der Waals surface area contributed by atoms with Gasteiger partial charge in [0.1, 0.15) is 0 Å². The molecule has 2 N–H and O–H groups in total. The van der Waals surface area contributed by atoms with Crippen LogP contribution in [0.5, 0.6) is 0 Å². The summed E-state index contributed by atoms with van der Waals surface area (Å²) in [5.74, 6) is 0.162. The van der Waals surface area contributed by atoms with Gasteiger partial charge in [0.05, 0.1) is 5.41 Å².